The van der Waals surface area contributed by atoms with Gasteiger partial charge in [-0.25, -0.2) is 0 Å². The summed E-state index contributed by atoms with van der Waals surface area (Å²) in [5.41, 5.74) is 0. The van der Waals surface area contributed by atoms with Crippen LogP contribution in [0.2, 0.25) is 0 Å². The highest BCUT2D eigenvalue weighted by atomic mass is 16.5. The third-order valence-electron chi connectivity index (χ3n) is 2.41. The van der Waals surface area contributed by atoms with E-state index in [-0.39, 0.29) is 12.5 Å². The first-order chi connectivity index (χ1) is 6.84. The van der Waals surface area contributed by atoms with E-state index < -0.39 is 0 Å². The predicted octanol–water partition coefficient (Wildman–Crippen LogP) is 0.398. The number of carbonyl (C=O) groups excluding carboxylic acids is 1. The number of amides is 1. The molecule has 14 heavy (non-hydrogen) atoms. The van der Waals surface area contributed by atoms with Crippen molar-refractivity contribution >= 4 is 5.91 Å². The molecule has 0 aromatic rings. The quantitative estimate of drug-likeness (QED) is 0.655. The Morgan fingerprint density at radius 2 is 1.93 bits per heavy atom. The van der Waals surface area contributed by atoms with Crippen molar-refractivity contribution in [3.63, 3.8) is 0 Å². The largest absolute Gasteiger partial charge is 0.396 e. The molecule has 1 aliphatic rings. The first kappa shape index (κ1) is 11.5. The minimum atomic E-state index is 0.228. The highest BCUT2D eigenvalue weighted by Gasteiger charge is 2.15. The third-order valence-corrected chi connectivity index (χ3v) is 2.41. The lowest BCUT2D eigenvalue weighted by molar-refractivity contribution is -0.135. The summed E-state index contributed by atoms with van der Waals surface area (Å²) in [5.74, 6) is 0.228. The normalized spacial score (nSPS) is 17.1. The van der Waals surface area contributed by atoms with Crippen LogP contribution in [0.25, 0.3) is 0 Å². The average Bonchev–Trinajstić information content (AvgIpc) is 2.25. The molecule has 0 spiro atoms. The van der Waals surface area contributed by atoms with Gasteiger partial charge in [0, 0.05) is 26.1 Å². The smallest absolute Gasteiger partial charge is 0.222 e. The van der Waals surface area contributed by atoms with Crippen molar-refractivity contribution in [1.82, 2.24) is 4.90 Å². The zero-order chi connectivity index (χ0) is 10.2. The van der Waals surface area contributed by atoms with Gasteiger partial charge in [0.05, 0.1) is 13.2 Å². The van der Waals surface area contributed by atoms with Crippen LogP contribution in [0.5, 0.6) is 0 Å². The van der Waals surface area contributed by atoms with E-state index >= 15 is 0 Å². The first-order valence-electron chi connectivity index (χ1n) is 5.31. The Hall–Kier alpha value is -0.610. The molecule has 1 rings (SSSR count). The Balaban J connectivity index is 2.07. The molecule has 82 valence electrons. The maximum absolute atomic E-state index is 11.6. The number of hydrogen-bond donors (Lipinski definition) is 1. The van der Waals surface area contributed by atoms with E-state index in [1.54, 1.807) is 0 Å². The van der Waals surface area contributed by atoms with Gasteiger partial charge >= 0.3 is 0 Å². The van der Waals surface area contributed by atoms with Crippen molar-refractivity contribution in [1.29, 1.82) is 0 Å². The summed E-state index contributed by atoms with van der Waals surface area (Å²) in [6.45, 7) is 3.04. The molecule has 1 fully saturated rings. The van der Waals surface area contributed by atoms with E-state index in [1.165, 1.54) is 0 Å². The maximum atomic E-state index is 11.6. The van der Waals surface area contributed by atoms with Crippen molar-refractivity contribution in [2.24, 2.45) is 0 Å². The fraction of sp³-hybridized carbons (Fsp3) is 0.900. The standard InChI is InChI=1S/C10H19NO3/c12-7-3-1-2-4-10(13)11-5-8-14-9-6-11/h12H,1-9H2. The van der Waals surface area contributed by atoms with Crippen molar-refractivity contribution in [2.75, 3.05) is 32.9 Å². The molecule has 0 unspecified atom stereocenters. The lowest BCUT2D eigenvalue weighted by Gasteiger charge is -2.26. The third kappa shape index (κ3) is 4.07. The number of morpholine rings is 1. The molecule has 1 saturated heterocycles. The highest BCUT2D eigenvalue weighted by Crippen LogP contribution is 2.05. The van der Waals surface area contributed by atoms with Crippen LogP contribution >= 0.6 is 0 Å². The van der Waals surface area contributed by atoms with Crippen molar-refractivity contribution in [3.05, 3.63) is 0 Å². The minimum Gasteiger partial charge on any atom is -0.396 e. The summed E-state index contributed by atoms with van der Waals surface area (Å²) in [5, 5.41) is 8.57. The van der Waals surface area contributed by atoms with Crippen molar-refractivity contribution in [3.8, 4) is 0 Å². The van der Waals surface area contributed by atoms with Gasteiger partial charge in [0.25, 0.3) is 0 Å². The molecular weight excluding hydrogens is 182 g/mol. The fourth-order valence-corrected chi connectivity index (χ4v) is 1.54. The SMILES string of the molecule is O=C(CCCCCO)N1CCOCC1. The second-order valence-electron chi connectivity index (χ2n) is 3.53. The van der Waals surface area contributed by atoms with Crippen LogP contribution in [0.4, 0.5) is 0 Å². The zero-order valence-corrected chi connectivity index (χ0v) is 8.57. The Morgan fingerprint density at radius 3 is 2.57 bits per heavy atom. The number of rotatable bonds is 5. The molecule has 1 amide bonds. The van der Waals surface area contributed by atoms with Crippen LogP contribution in [0.3, 0.4) is 0 Å². The van der Waals surface area contributed by atoms with Crippen molar-refractivity contribution < 1.29 is 14.6 Å². The van der Waals surface area contributed by atoms with Crippen LogP contribution in [-0.4, -0.2) is 48.8 Å². The maximum Gasteiger partial charge on any atom is 0.222 e. The number of aliphatic hydroxyl groups excluding tert-OH is 1. The van der Waals surface area contributed by atoms with Gasteiger partial charge in [0.1, 0.15) is 0 Å². The summed E-state index contributed by atoms with van der Waals surface area (Å²) >= 11 is 0. The van der Waals surface area contributed by atoms with Crippen molar-refractivity contribution in [2.45, 2.75) is 25.7 Å². The Labute approximate surface area is 84.8 Å². The number of carbonyl (C=O) groups is 1. The highest BCUT2D eigenvalue weighted by molar-refractivity contribution is 5.76. The van der Waals surface area contributed by atoms with E-state index in [0.29, 0.717) is 19.6 Å². The fourth-order valence-electron chi connectivity index (χ4n) is 1.54. The van der Waals surface area contributed by atoms with E-state index in [2.05, 4.69) is 0 Å². The van der Waals surface area contributed by atoms with Gasteiger partial charge in [-0.15, -0.1) is 0 Å². The molecule has 0 aromatic heterocycles. The molecule has 0 bridgehead atoms. The summed E-state index contributed by atoms with van der Waals surface area (Å²) in [4.78, 5) is 13.4. The van der Waals surface area contributed by atoms with E-state index in [1.807, 2.05) is 4.90 Å². The van der Waals surface area contributed by atoms with Crippen LogP contribution in [0, 0.1) is 0 Å². The van der Waals surface area contributed by atoms with E-state index in [9.17, 15) is 4.79 Å². The number of ether oxygens (including phenoxy) is 1. The molecule has 0 aliphatic carbocycles. The predicted molar refractivity (Wildman–Crippen MR) is 53.0 cm³/mol. The van der Waals surface area contributed by atoms with Gasteiger partial charge in [0.15, 0.2) is 0 Å². The van der Waals surface area contributed by atoms with Gasteiger partial charge in [-0.2, -0.15) is 0 Å². The molecule has 1 heterocycles. The van der Waals surface area contributed by atoms with Crippen LogP contribution in [-0.2, 0) is 9.53 Å². The molecule has 0 atom stereocenters. The van der Waals surface area contributed by atoms with Gasteiger partial charge in [-0.05, 0) is 12.8 Å². The Morgan fingerprint density at radius 1 is 1.21 bits per heavy atom. The lowest BCUT2D eigenvalue weighted by Crippen LogP contribution is -2.40. The monoisotopic (exact) mass is 201 g/mol. The Kier molecular flexibility index (Phi) is 5.56. The molecule has 0 aromatic carbocycles. The number of aliphatic hydroxyl groups is 1. The second kappa shape index (κ2) is 6.79. The molecule has 1 aliphatic heterocycles. The Bertz CT molecular complexity index is 167. The summed E-state index contributed by atoms with van der Waals surface area (Å²) < 4.78 is 5.17. The minimum absolute atomic E-state index is 0.228. The second-order valence-corrected chi connectivity index (χ2v) is 3.53. The summed E-state index contributed by atoms with van der Waals surface area (Å²) in [6, 6.07) is 0. The molecule has 4 heteroatoms. The summed E-state index contributed by atoms with van der Waals surface area (Å²) in [7, 11) is 0. The van der Waals surface area contributed by atoms with Crippen LogP contribution in [0.1, 0.15) is 25.7 Å². The average molecular weight is 201 g/mol. The van der Waals surface area contributed by atoms with Gasteiger partial charge in [-0.1, -0.05) is 6.42 Å². The summed E-state index contributed by atoms with van der Waals surface area (Å²) in [6.07, 6.45) is 3.24. The molecule has 0 radical (unpaired) electrons. The van der Waals surface area contributed by atoms with Crippen LogP contribution < -0.4 is 0 Å². The molecule has 4 nitrogen and oxygen atoms in total. The van der Waals surface area contributed by atoms with E-state index in [0.717, 1.165) is 32.4 Å². The number of unbranched alkanes of at least 4 members (excludes halogenated alkanes) is 2. The molecular formula is C10H19NO3. The molecule has 1 N–H and O–H groups in total. The number of nitrogens with zero attached hydrogens (tertiary/aromatic N) is 1. The van der Waals surface area contributed by atoms with Gasteiger partial charge in [0.2, 0.25) is 5.91 Å². The van der Waals surface area contributed by atoms with Gasteiger partial charge in [-0.3, -0.25) is 4.79 Å². The van der Waals surface area contributed by atoms with E-state index in [4.69, 9.17) is 9.84 Å². The number of hydrogen-bond acceptors (Lipinski definition) is 3. The first-order valence-corrected chi connectivity index (χ1v) is 5.31. The topological polar surface area (TPSA) is 49.8 Å². The zero-order valence-electron chi connectivity index (χ0n) is 8.57. The van der Waals surface area contributed by atoms with Crippen LogP contribution in [0.15, 0.2) is 0 Å². The molecule has 0 saturated carbocycles. The van der Waals surface area contributed by atoms with Gasteiger partial charge < -0.3 is 14.7 Å². The lowest BCUT2D eigenvalue weighted by atomic mass is 10.2.